The van der Waals surface area contributed by atoms with E-state index >= 15 is 0 Å². The molecule has 188 valence electrons. The number of hydrogen-bond acceptors (Lipinski definition) is 6. The van der Waals surface area contributed by atoms with Gasteiger partial charge in [-0.05, 0) is 69.0 Å². The van der Waals surface area contributed by atoms with Crippen LogP contribution in [0.25, 0.3) is 11.5 Å². The highest BCUT2D eigenvalue weighted by molar-refractivity contribution is 5.76. The zero-order valence-electron chi connectivity index (χ0n) is 21.2. The largest absolute Gasteiger partial charge is 0.340 e. The molecule has 0 aliphatic carbocycles. The lowest BCUT2D eigenvalue weighted by Crippen LogP contribution is -2.48. The molecule has 0 unspecified atom stereocenters. The van der Waals surface area contributed by atoms with Crippen molar-refractivity contribution in [3.05, 3.63) is 70.1 Å². The van der Waals surface area contributed by atoms with Gasteiger partial charge in [-0.25, -0.2) is 9.07 Å². The molecule has 0 atom stereocenters. The third kappa shape index (κ3) is 4.73. The van der Waals surface area contributed by atoms with Crippen LogP contribution in [0, 0.1) is 33.5 Å². The van der Waals surface area contributed by atoms with Crippen molar-refractivity contribution in [3.63, 3.8) is 0 Å². The van der Waals surface area contributed by atoms with Gasteiger partial charge in [0.2, 0.25) is 5.91 Å². The van der Waals surface area contributed by atoms with Gasteiger partial charge < -0.3 is 4.90 Å². The molecule has 0 N–H and O–H groups in total. The number of carbonyl (C=O) groups excluding carboxylic acids is 1. The van der Waals surface area contributed by atoms with Crippen molar-refractivity contribution in [2.45, 2.75) is 47.1 Å². The van der Waals surface area contributed by atoms with Crippen LogP contribution >= 0.6 is 0 Å². The molecule has 1 aromatic carbocycles. The van der Waals surface area contributed by atoms with Crippen LogP contribution in [-0.2, 0) is 17.8 Å². The molecule has 4 aromatic rings. The van der Waals surface area contributed by atoms with E-state index in [9.17, 15) is 9.18 Å². The van der Waals surface area contributed by atoms with Crippen LogP contribution in [0.15, 0.2) is 30.3 Å². The lowest BCUT2D eigenvalue weighted by Gasteiger charge is -2.35. The summed E-state index contributed by atoms with van der Waals surface area (Å²) >= 11 is 0. The summed E-state index contributed by atoms with van der Waals surface area (Å²) in [6, 6.07) is 9.02. The maximum atomic E-state index is 13.5. The summed E-state index contributed by atoms with van der Waals surface area (Å²) in [5.74, 6) is 1.40. The Balaban J connectivity index is 1.18. The molecule has 1 amide bonds. The van der Waals surface area contributed by atoms with Gasteiger partial charge in [0.25, 0.3) is 0 Å². The maximum Gasteiger partial charge on any atom is 0.222 e. The lowest BCUT2D eigenvalue weighted by molar-refractivity contribution is -0.133. The standard InChI is InChI=1S/C26H31FN8O/c1-17-15-21(5-7-23(17)27)16-32-11-13-33(14-12-32)26(36)10-6-22-18(2)30-34(19(22)3)25-9-8-24-29-28-20(4)35(24)31-25/h5,7-9,15H,6,10-14,16H2,1-4H3. The highest BCUT2D eigenvalue weighted by atomic mass is 19.1. The fraction of sp³-hybridized carbons (Fsp3) is 0.423. The SMILES string of the molecule is Cc1cc(CN2CCN(C(=O)CCc3c(C)nn(-c4ccc5nnc(C)n5n4)c3C)CC2)ccc1F. The van der Waals surface area contributed by atoms with Gasteiger partial charge in [-0.3, -0.25) is 9.69 Å². The van der Waals surface area contributed by atoms with Gasteiger partial charge in [0, 0.05) is 44.8 Å². The van der Waals surface area contributed by atoms with E-state index in [1.165, 1.54) is 6.07 Å². The number of carbonyl (C=O) groups is 1. The van der Waals surface area contributed by atoms with E-state index in [-0.39, 0.29) is 11.7 Å². The number of benzene rings is 1. The second kappa shape index (κ2) is 9.77. The van der Waals surface area contributed by atoms with Crippen molar-refractivity contribution in [1.29, 1.82) is 0 Å². The predicted octanol–water partition coefficient (Wildman–Crippen LogP) is 2.96. The van der Waals surface area contributed by atoms with Crippen LogP contribution in [0.2, 0.25) is 0 Å². The fourth-order valence-electron chi connectivity index (χ4n) is 4.87. The first-order valence-electron chi connectivity index (χ1n) is 12.3. The van der Waals surface area contributed by atoms with E-state index in [1.807, 2.05) is 54.6 Å². The molecule has 0 bridgehead atoms. The minimum atomic E-state index is -0.173. The van der Waals surface area contributed by atoms with E-state index in [0.29, 0.717) is 48.8 Å². The molecule has 10 heteroatoms. The number of hydrogen-bond donors (Lipinski definition) is 0. The molecule has 36 heavy (non-hydrogen) atoms. The van der Waals surface area contributed by atoms with Crippen molar-refractivity contribution >= 4 is 11.6 Å². The molecule has 5 rings (SSSR count). The molecule has 1 aliphatic rings. The third-order valence-electron chi connectivity index (χ3n) is 7.01. The summed E-state index contributed by atoms with van der Waals surface area (Å²) in [5.41, 5.74) is 5.43. The lowest BCUT2D eigenvalue weighted by atomic mass is 10.1. The van der Waals surface area contributed by atoms with Crippen LogP contribution in [0.5, 0.6) is 0 Å². The highest BCUT2D eigenvalue weighted by Gasteiger charge is 2.22. The van der Waals surface area contributed by atoms with Gasteiger partial charge in [0.05, 0.1) is 5.69 Å². The van der Waals surface area contributed by atoms with Crippen molar-refractivity contribution in [2.75, 3.05) is 26.2 Å². The summed E-state index contributed by atoms with van der Waals surface area (Å²) in [6.45, 7) is 11.5. The maximum absolute atomic E-state index is 13.5. The number of rotatable bonds is 6. The smallest absolute Gasteiger partial charge is 0.222 e. The van der Waals surface area contributed by atoms with Gasteiger partial charge >= 0.3 is 0 Å². The van der Waals surface area contributed by atoms with Gasteiger partial charge in [-0.1, -0.05) is 12.1 Å². The van der Waals surface area contributed by atoms with Crippen molar-refractivity contribution < 1.29 is 9.18 Å². The molecule has 1 aliphatic heterocycles. The predicted molar refractivity (Wildman–Crippen MR) is 133 cm³/mol. The van der Waals surface area contributed by atoms with Crippen molar-refractivity contribution in [2.24, 2.45) is 0 Å². The number of piperazine rings is 1. The van der Waals surface area contributed by atoms with E-state index in [0.717, 1.165) is 42.1 Å². The molecule has 0 saturated carbocycles. The average molecular weight is 491 g/mol. The normalized spacial score (nSPS) is 14.6. The molecule has 4 heterocycles. The summed E-state index contributed by atoms with van der Waals surface area (Å²) < 4.78 is 17.1. The number of halogens is 1. The summed E-state index contributed by atoms with van der Waals surface area (Å²) in [5, 5.41) is 17.5. The third-order valence-corrected chi connectivity index (χ3v) is 7.01. The van der Waals surface area contributed by atoms with Gasteiger partial charge in [-0.2, -0.15) is 9.61 Å². The Kier molecular flexibility index (Phi) is 6.53. The second-order valence-corrected chi connectivity index (χ2v) is 9.51. The molecule has 0 spiro atoms. The first-order valence-corrected chi connectivity index (χ1v) is 12.3. The van der Waals surface area contributed by atoms with E-state index in [2.05, 4.69) is 20.2 Å². The highest BCUT2D eigenvalue weighted by Crippen LogP contribution is 2.20. The van der Waals surface area contributed by atoms with Crippen LogP contribution in [0.3, 0.4) is 0 Å². The number of aryl methyl sites for hydroxylation is 3. The summed E-state index contributed by atoms with van der Waals surface area (Å²) in [6.07, 6.45) is 1.08. The minimum Gasteiger partial charge on any atom is -0.340 e. The number of aromatic nitrogens is 6. The zero-order valence-corrected chi connectivity index (χ0v) is 21.2. The molecular formula is C26H31FN8O. The Bertz CT molecular complexity index is 1420. The summed E-state index contributed by atoms with van der Waals surface area (Å²) in [7, 11) is 0. The van der Waals surface area contributed by atoms with Crippen molar-refractivity contribution in [3.8, 4) is 5.82 Å². The number of amides is 1. The van der Waals surface area contributed by atoms with Gasteiger partial charge in [-0.15, -0.1) is 15.3 Å². The Morgan fingerprint density at radius 1 is 0.972 bits per heavy atom. The molecule has 1 fully saturated rings. The van der Waals surface area contributed by atoms with Crippen LogP contribution < -0.4 is 0 Å². The van der Waals surface area contributed by atoms with Gasteiger partial charge in [0.15, 0.2) is 17.3 Å². The van der Waals surface area contributed by atoms with E-state index < -0.39 is 0 Å². The Morgan fingerprint density at radius 2 is 1.75 bits per heavy atom. The zero-order chi connectivity index (χ0) is 25.4. The minimum absolute atomic E-state index is 0.165. The Morgan fingerprint density at radius 3 is 2.50 bits per heavy atom. The van der Waals surface area contributed by atoms with E-state index in [4.69, 9.17) is 5.10 Å². The molecule has 1 saturated heterocycles. The van der Waals surface area contributed by atoms with Crippen LogP contribution in [-0.4, -0.2) is 71.5 Å². The monoisotopic (exact) mass is 490 g/mol. The molecular weight excluding hydrogens is 459 g/mol. The van der Waals surface area contributed by atoms with Crippen LogP contribution in [0.1, 0.15) is 40.3 Å². The second-order valence-electron chi connectivity index (χ2n) is 9.51. The van der Waals surface area contributed by atoms with Crippen LogP contribution in [0.4, 0.5) is 4.39 Å². The number of fused-ring (bicyclic) bond motifs is 1. The summed E-state index contributed by atoms with van der Waals surface area (Å²) in [4.78, 5) is 17.2. The average Bonchev–Trinajstić information content (AvgIpc) is 3.38. The first kappa shape index (κ1) is 24.1. The fourth-order valence-corrected chi connectivity index (χ4v) is 4.87. The first-order chi connectivity index (χ1) is 17.3. The Hall–Kier alpha value is -3.66. The molecule has 0 radical (unpaired) electrons. The topological polar surface area (TPSA) is 84.5 Å². The van der Waals surface area contributed by atoms with Crippen molar-refractivity contribution in [1.82, 2.24) is 39.4 Å². The van der Waals surface area contributed by atoms with E-state index in [1.54, 1.807) is 11.4 Å². The number of nitrogens with zero attached hydrogens (tertiary/aromatic N) is 8. The van der Waals surface area contributed by atoms with Gasteiger partial charge in [0.1, 0.15) is 5.82 Å². The quantitative estimate of drug-likeness (QED) is 0.413. The Labute approximate surface area is 209 Å². The molecule has 9 nitrogen and oxygen atoms in total. The molecule has 3 aromatic heterocycles.